The van der Waals surface area contributed by atoms with Crippen molar-refractivity contribution >= 4 is 13.2 Å². The second-order valence-electron chi connectivity index (χ2n) is 6.60. The average molecular weight is 429 g/mol. The lowest BCUT2D eigenvalue weighted by atomic mass is 10.1. The first-order chi connectivity index (χ1) is 14.9. The summed E-state index contributed by atoms with van der Waals surface area (Å²) in [6.45, 7) is 0. The number of rotatable bonds is 10. The van der Waals surface area contributed by atoms with Gasteiger partial charge in [-0.1, -0.05) is 23.4 Å². The summed E-state index contributed by atoms with van der Waals surface area (Å²) >= 11 is 0. The Labute approximate surface area is 178 Å². The topological polar surface area (TPSA) is 127 Å². The number of carbonyl (C=O) groups is 1. The summed E-state index contributed by atoms with van der Waals surface area (Å²) in [6, 6.07) is 13.2. The van der Waals surface area contributed by atoms with Gasteiger partial charge in [0.05, 0.1) is 7.11 Å². The SMILES string of the molecule is COc1cc(F)cc(C[C@H](NC(=O)CCc2noc(-c3ccccc3)n2)OB(O)O)c1. The largest absolute Gasteiger partial charge is 0.635 e. The van der Waals surface area contributed by atoms with Crippen molar-refractivity contribution in [1.29, 1.82) is 0 Å². The van der Waals surface area contributed by atoms with Crippen LogP contribution in [0.2, 0.25) is 0 Å². The first kappa shape index (κ1) is 22.4. The number of aryl methyl sites for hydroxylation is 1. The summed E-state index contributed by atoms with van der Waals surface area (Å²) in [7, 11) is -0.723. The van der Waals surface area contributed by atoms with E-state index in [-0.39, 0.29) is 25.0 Å². The maximum Gasteiger partial charge on any atom is 0.635 e. The van der Waals surface area contributed by atoms with Crippen LogP contribution in [0.25, 0.3) is 11.5 Å². The van der Waals surface area contributed by atoms with Crippen molar-refractivity contribution in [3.05, 3.63) is 65.7 Å². The normalized spacial score (nSPS) is 11.7. The Morgan fingerprint density at radius 3 is 2.74 bits per heavy atom. The first-order valence-electron chi connectivity index (χ1n) is 9.45. The first-order valence-corrected chi connectivity index (χ1v) is 9.45. The molecule has 1 atom stereocenters. The third-order valence-corrected chi connectivity index (χ3v) is 4.26. The van der Waals surface area contributed by atoms with Crippen molar-refractivity contribution in [2.75, 3.05) is 7.11 Å². The molecule has 0 bridgehead atoms. The van der Waals surface area contributed by atoms with Gasteiger partial charge in [0.2, 0.25) is 5.91 Å². The Balaban J connectivity index is 1.58. The number of aromatic nitrogens is 2. The minimum atomic E-state index is -2.12. The molecule has 0 saturated heterocycles. The molecule has 3 rings (SSSR count). The predicted molar refractivity (Wildman–Crippen MR) is 108 cm³/mol. The van der Waals surface area contributed by atoms with Gasteiger partial charge in [0.1, 0.15) is 17.8 Å². The molecule has 0 aliphatic heterocycles. The number of nitrogens with one attached hydrogen (secondary N) is 1. The van der Waals surface area contributed by atoms with E-state index >= 15 is 0 Å². The lowest BCUT2D eigenvalue weighted by Gasteiger charge is -2.19. The molecule has 162 valence electrons. The number of methoxy groups -OCH3 is 1. The van der Waals surface area contributed by atoms with Gasteiger partial charge in [-0.2, -0.15) is 4.98 Å². The van der Waals surface area contributed by atoms with Crippen LogP contribution >= 0.6 is 0 Å². The molecule has 0 aliphatic carbocycles. The number of carbonyl (C=O) groups excluding carboxylic acids is 1. The number of benzene rings is 2. The Hall–Kier alpha value is -3.28. The number of hydrogen-bond acceptors (Lipinski definition) is 8. The van der Waals surface area contributed by atoms with Crippen LogP contribution < -0.4 is 10.1 Å². The summed E-state index contributed by atoms with van der Waals surface area (Å²) in [6.07, 6.45) is -0.923. The second-order valence-corrected chi connectivity index (χ2v) is 6.60. The molecule has 2 aromatic carbocycles. The molecule has 0 fully saturated rings. The monoisotopic (exact) mass is 429 g/mol. The van der Waals surface area contributed by atoms with Crippen molar-refractivity contribution < 1.29 is 33.1 Å². The molecule has 1 heterocycles. The number of nitrogens with zero attached hydrogens (tertiary/aromatic N) is 2. The van der Waals surface area contributed by atoms with Gasteiger partial charge in [-0.3, -0.25) is 4.79 Å². The fraction of sp³-hybridized carbons (Fsp3) is 0.250. The zero-order chi connectivity index (χ0) is 22.2. The van der Waals surface area contributed by atoms with E-state index in [1.54, 1.807) is 6.07 Å². The molecule has 0 saturated carbocycles. The highest BCUT2D eigenvalue weighted by molar-refractivity contribution is 6.32. The van der Waals surface area contributed by atoms with Crippen LogP contribution in [0.15, 0.2) is 53.1 Å². The van der Waals surface area contributed by atoms with E-state index in [4.69, 9.17) is 24.0 Å². The molecule has 9 nitrogen and oxygen atoms in total. The maximum absolute atomic E-state index is 13.7. The molecule has 3 aromatic rings. The summed E-state index contributed by atoms with van der Waals surface area (Å²) in [5.41, 5.74) is 1.20. The summed E-state index contributed by atoms with van der Waals surface area (Å²) < 4.78 is 28.8. The number of ether oxygens (including phenoxy) is 1. The van der Waals surface area contributed by atoms with Gasteiger partial charge < -0.3 is 29.3 Å². The minimum absolute atomic E-state index is 0.00161. The molecule has 1 amide bonds. The molecule has 0 spiro atoms. The van der Waals surface area contributed by atoms with Gasteiger partial charge in [-0.05, 0) is 29.8 Å². The molecule has 31 heavy (non-hydrogen) atoms. The standard InChI is InChI=1S/C20H21BFN3O6/c1-29-16-10-13(9-15(22)12-16)11-19(30-21(27)28)24-18(26)8-7-17-23-20(31-25-17)14-5-3-2-4-6-14/h2-6,9-10,12,19,27-28H,7-8,11H2,1H3,(H,24,26)/t19-/m1/s1. The van der Waals surface area contributed by atoms with Crippen molar-refractivity contribution in [3.8, 4) is 17.2 Å². The maximum atomic E-state index is 13.7. The van der Waals surface area contributed by atoms with Crippen LogP contribution in [0.1, 0.15) is 17.8 Å². The van der Waals surface area contributed by atoms with Crippen molar-refractivity contribution in [1.82, 2.24) is 15.5 Å². The van der Waals surface area contributed by atoms with Crippen molar-refractivity contribution in [3.63, 3.8) is 0 Å². The molecule has 0 unspecified atom stereocenters. The van der Waals surface area contributed by atoms with E-state index < -0.39 is 25.3 Å². The molecule has 0 radical (unpaired) electrons. The van der Waals surface area contributed by atoms with Crippen molar-refractivity contribution in [2.24, 2.45) is 0 Å². The van der Waals surface area contributed by atoms with Gasteiger partial charge in [-0.15, -0.1) is 0 Å². The van der Waals surface area contributed by atoms with Crippen LogP contribution in [0.3, 0.4) is 0 Å². The molecular weight excluding hydrogens is 408 g/mol. The van der Waals surface area contributed by atoms with Crippen LogP contribution in [0.5, 0.6) is 5.75 Å². The minimum Gasteiger partial charge on any atom is -0.497 e. The fourth-order valence-electron chi connectivity index (χ4n) is 2.88. The van der Waals surface area contributed by atoms with E-state index in [2.05, 4.69) is 15.5 Å². The lowest BCUT2D eigenvalue weighted by molar-refractivity contribution is -0.124. The second kappa shape index (κ2) is 10.7. The zero-order valence-corrected chi connectivity index (χ0v) is 16.7. The summed E-state index contributed by atoms with van der Waals surface area (Å²) in [4.78, 5) is 16.6. The Kier molecular flexibility index (Phi) is 7.71. The van der Waals surface area contributed by atoms with Crippen molar-refractivity contribution in [2.45, 2.75) is 25.5 Å². The Bertz CT molecular complexity index is 1000. The van der Waals surface area contributed by atoms with E-state index in [0.717, 1.165) is 5.56 Å². The zero-order valence-electron chi connectivity index (χ0n) is 16.7. The quantitative estimate of drug-likeness (QED) is 0.327. The lowest BCUT2D eigenvalue weighted by Crippen LogP contribution is -2.42. The van der Waals surface area contributed by atoms with Gasteiger partial charge in [0, 0.05) is 30.9 Å². The molecule has 0 aliphatic rings. The number of hydrogen-bond donors (Lipinski definition) is 3. The van der Waals surface area contributed by atoms with Gasteiger partial charge in [-0.25, -0.2) is 4.39 Å². The van der Waals surface area contributed by atoms with Crippen LogP contribution in [0, 0.1) is 5.82 Å². The highest BCUT2D eigenvalue weighted by Gasteiger charge is 2.21. The van der Waals surface area contributed by atoms with Crippen LogP contribution in [-0.2, 0) is 22.3 Å². The van der Waals surface area contributed by atoms with E-state index in [9.17, 15) is 9.18 Å². The molecule has 3 N–H and O–H groups in total. The number of halogens is 1. The third kappa shape index (κ3) is 6.88. The van der Waals surface area contributed by atoms with E-state index in [0.29, 0.717) is 17.3 Å². The predicted octanol–water partition coefficient (Wildman–Crippen LogP) is 1.49. The third-order valence-electron chi connectivity index (χ3n) is 4.26. The highest BCUT2D eigenvalue weighted by atomic mass is 19.1. The summed E-state index contributed by atoms with van der Waals surface area (Å²) in [5.74, 6) is 0.00975. The van der Waals surface area contributed by atoms with E-state index in [1.165, 1.54) is 19.2 Å². The molecular formula is C20H21BFN3O6. The van der Waals surface area contributed by atoms with Gasteiger partial charge in [0.15, 0.2) is 5.82 Å². The highest BCUT2D eigenvalue weighted by Crippen LogP contribution is 2.18. The Morgan fingerprint density at radius 2 is 2.03 bits per heavy atom. The van der Waals surface area contributed by atoms with Crippen LogP contribution in [-0.4, -0.2) is 46.8 Å². The molecule has 1 aromatic heterocycles. The average Bonchev–Trinajstić information content (AvgIpc) is 3.21. The van der Waals surface area contributed by atoms with E-state index in [1.807, 2.05) is 30.3 Å². The number of amides is 1. The fourth-order valence-corrected chi connectivity index (χ4v) is 2.88. The molecule has 11 heteroatoms. The smallest absolute Gasteiger partial charge is 0.497 e. The summed E-state index contributed by atoms with van der Waals surface area (Å²) in [5, 5.41) is 24.7. The van der Waals surface area contributed by atoms with Crippen LogP contribution in [0.4, 0.5) is 4.39 Å². The van der Waals surface area contributed by atoms with Gasteiger partial charge >= 0.3 is 7.32 Å². The Morgan fingerprint density at radius 1 is 1.26 bits per heavy atom. The van der Waals surface area contributed by atoms with Gasteiger partial charge in [0.25, 0.3) is 5.89 Å².